The lowest BCUT2D eigenvalue weighted by atomic mass is 10.1. The van der Waals surface area contributed by atoms with Gasteiger partial charge in [0.2, 0.25) is 5.91 Å². The highest BCUT2D eigenvalue weighted by molar-refractivity contribution is 7.12. The number of amides is 1. The first-order valence-electron chi connectivity index (χ1n) is 7.12. The zero-order valence-corrected chi connectivity index (χ0v) is 13.4. The Balaban J connectivity index is 2.24. The minimum absolute atomic E-state index is 0.0544. The van der Waals surface area contributed by atoms with Crippen molar-refractivity contribution in [3.63, 3.8) is 0 Å². The van der Waals surface area contributed by atoms with E-state index in [0.29, 0.717) is 6.54 Å². The van der Waals surface area contributed by atoms with Crippen LogP contribution in [0.5, 0.6) is 0 Å². The predicted octanol–water partition coefficient (Wildman–Crippen LogP) is 2.44. The molecule has 0 saturated carbocycles. The van der Waals surface area contributed by atoms with Gasteiger partial charge in [-0.25, -0.2) is 0 Å². The molecule has 0 aliphatic heterocycles. The van der Waals surface area contributed by atoms with Gasteiger partial charge in [-0.3, -0.25) is 9.59 Å². The Labute approximate surface area is 125 Å². The molecule has 112 valence electrons. The maximum atomic E-state index is 12.0. The average molecular weight is 296 g/mol. The van der Waals surface area contributed by atoms with Crippen molar-refractivity contribution in [3.05, 3.63) is 21.4 Å². The standard InChI is InChI=1S/C15H24N2O2S/c1-4-7-16-8-9-17-15(19)6-5-14(18)13-10-11(2)20-12(13)3/h10,16H,4-9H2,1-3H3,(H,17,19). The first-order valence-corrected chi connectivity index (χ1v) is 7.94. The molecule has 0 spiro atoms. The van der Waals surface area contributed by atoms with Crippen LogP contribution in [0.4, 0.5) is 0 Å². The van der Waals surface area contributed by atoms with E-state index in [1.807, 2.05) is 19.9 Å². The second-order valence-electron chi connectivity index (χ2n) is 4.85. The number of hydrogen-bond acceptors (Lipinski definition) is 4. The molecule has 20 heavy (non-hydrogen) atoms. The molecule has 2 N–H and O–H groups in total. The quantitative estimate of drug-likeness (QED) is 0.543. The molecule has 5 heteroatoms. The number of rotatable bonds is 9. The molecule has 1 heterocycles. The van der Waals surface area contributed by atoms with E-state index in [-0.39, 0.29) is 24.5 Å². The van der Waals surface area contributed by atoms with E-state index >= 15 is 0 Å². The summed E-state index contributed by atoms with van der Waals surface area (Å²) >= 11 is 1.62. The number of carbonyl (C=O) groups is 2. The number of nitrogens with one attached hydrogen (secondary N) is 2. The van der Waals surface area contributed by atoms with Crippen molar-refractivity contribution in [2.24, 2.45) is 0 Å². The predicted molar refractivity (Wildman–Crippen MR) is 83.5 cm³/mol. The largest absolute Gasteiger partial charge is 0.355 e. The molecule has 0 bridgehead atoms. The summed E-state index contributed by atoms with van der Waals surface area (Å²) in [5.41, 5.74) is 0.768. The maximum Gasteiger partial charge on any atom is 0.220 e. The fraction of sp³-hybridized carbons (Fsp3) is 0.600. The van der Waals surface area contributed by atoms with Crippen LogP contribution in [0.3, 0.4) is 0 Å². The first-order chi connectivity index (χ1) is 9.54. The lowest BCUT2D eigenvalue weighted by Gasteiger charge is -2.05. The summed E-state index contributed by atoms with van der Waals surface area (Å²) in [4.78, 5) is 25.8. The van der Waals surface area contributed by atoms with Crippen LogP contribution in [0.1, 0.15) is 46.3 Å². The highest BCUT2D eigenvalue weighted by Crippen LogP contribution is 2.22. The molecule has 0 aliphatic rings. The third kappa shape index (κ3) is 5.84. The van der Waals surface area contributed by atoms with E-state index < -0.39 is 0 Å². The molecule has 4 nitrogen and oxygen atoms in total. The van der Waals surface area contributed by atoms with Gasteiger partial charge in [-0.2, -0.15) is 0 Å². The number of carbonyl (C=O) groups excluding carboxylic acids is 2. The molecular weight excluding hydrogens is 272 g/mol. The van der Waals surface area contributed by atoms with Crippen LogP contribution >= 0.6 is 11.3 Å². The number of ketones is 1. The van der Waals surface area contributed by atoms with Gasteiger partial charge in [0.1, 0.15) is 0 Å². The smallest absolute Gasteiger partial charge is 0.220 e. The van der Waals surface area contributed by atoms with Crippen LogP contribution in [0.2, 0.25) is 0 Å². The van der Waals surface area contributed by atoms with Gasteiger partial charge < -0.3 is 10.6 Å². The normalized spacial score (nSPS) is 10.6. The fourth-order valence-corrected chi connectivity index (χ4v) is 2.89. The molecule has 1 aromatic rings. The van der Waals surface area contributed by atoms with Crippen molar-refractivity contribution >= 4 is 23.0 Å². The van der Waals surface area contributed by atoms with E-state index in [2.05, 4.69) is 17.6 Å². The monoisotopic (exact) mass is 296 g/mol. The molecule has 0 aliphatic carbocycles. The molecule has 1 aromatic heterocycles. The summed E-state index contributed by atoms with van der Waals surface area (Å²) in [5, 5.41) is 6.03. The number of Topliss-reactive ketones (excluding diaryl/α,β-unsaturated/α-hetero) is 1. The summed E-state index contributed by atoms with van der Waals surface area (Å²) in [6.07, 6.45) is 1.63. The van der Waals surface area contributed by atoms with E-state index in [0.717, 1.165) is 34.8 Å². The average Bonchev–Trinajstić information content (AvgIpc) is 2.75. The van der Waals surface area contributed by atoms with Crippen LogP contribution < -0.4 is 10.6 Å². The van der Waals surface area contributed by atoms with Gasteiger partial charge in [0.25, 0.3) is 0 Å². The molecule has 1 rings (SSSR count). The van der Waals surface area contributed by atoms with Crippen LogP contribution in [0.25, 0.3) is 0 Å². The van der Waals surface area contributed by atoms with Gasteiger partial charge >= 0.3 is 0 Å². The highest BCUT2D eigenvalue weighted by atomic mass is 32.1. The minimum atomic E-state index is -0.0544. The first kappa shape index (κ1) is 16.9. The molecule has 0 atom stereocenters. The van der Waals surface area contributed by atoms with Crippen LogP contribution in [-0.4, -0.2) is 31.3 Å². The minimum Gasteiger partial charge on any atom is -0.355 e. The third-order valence-electron chi connectivity index (χ3n) is 2.97. The Morgan fingerprint density at radius 1 is 1.15 bits per heavy atom. The zero-order chi connectivity index (χ0) is 15.0. The summed E-state index contributed by atoms with van der Waals surface area (Å²) in [5.74, 6) is 0.00682. The zero-order valence-electron chi connectivity index (χ0n) is 12.5. The molecule has 1 amide bonds. The van der Waals surface area contributed by atoms with Crippen molar-refractivity contribution in [2.75, 3.05) is 19.6 Å². The molecule has 0 unspecified atom stereocenters. The van der Waals surface area contributed by atoms with Gasteiger partial charge in [0.15, 0.2) is 5.78 Å². The number of hydrogen-bond donors (Lipinski definition) is 2. The van der Waals surface area contributed by atoms with Gasteiger partial charge in [-0.05, 0) is 32.9 Å². The van der Waals surface area contributed by atoms with Crippen molar-refractivity contribution in [2.45, 2.75) is 40.0 Å². The topological polar surface area (TPSA) is 58.2 Å². The maximum absolute atomic E-state index is 12.0. The number of thiophene rings is 1. The second kappa shape index (κ2) is 8.87. The van der Waals surface area contributed by atoms with Crippen molar-refractivity contribution in [1.29, 1.82) is 0 Å². The Morgan fingerprint density at radius 3 is 2.50 bits per heavy atom. The summed E-state index contributed by atoms with van der Waals surface area (Å²) in [6, 6.07) is 1.91. The third-order valence-corrected chi connectivity index (χ3v) is 3.94. The van der Waals surface area contributed by atoms with E-state index in [4.69, 9.17) is 0 Å². The van der Waals surface area contributed by atoms with E-state index in [9.17, 15) is 9.59 Å². The molecule has 0 saturated heterocycles. The van der Waals surface area contributed by atoms with Gasteiger partial charge in [-0.1, -0.05) is 6.92 Å². The summed E-state index contributed by atoms with van der Waals surface area (Å²) < 4.78 is 0. The van der Waals surface area contributed by atoms with Crippen LogP contribution in [-0.2, 0) is 4.79 Å². The molecular formula is C15H24N2O2S. The highest BCUT2D eigenvalue weighted by Gasteiger charge is 2.13. The number of aryl methyl sites for hydroxylation is 2. The molecule has 0 aromatic carbocycles. The van der Waals surface area contributed by atoms with E-state index in [1.54, 1.807) is 11.3 Å². The Hall–Kier alpha value is -1.20. The van der Waals surface area contributed by atoms with Crippen molar-refractivity contribution in [3.8, 4) is 0 Å². The van der Waals surface area contributed by atoms with Gasteiger partial charge in [0.05, 0.1) is 0 Å². The lowest BCUT2D eigenvalue weighted by molar-refractivity contribution is -0.121. The summed E-state index contributed by atoms with van der Waals surface area (Å²) in [7, 11) is 0. The Kier molecular flexibility index (Phi) is 7.47. The van der Waals surface area contributed by atoms with Crippen molar-refractivity contribution < 1.29 is 9.59 Å². The Morgan fingerprint density at radius 2 is 1.90 bits per heavy atom. The van der Waals surface area contributed by atoms with Crippen LogP contribution in [0, 0.1) is 13.8 Å². The lowest BCUT2D eigenvalue weighted by Crippen LogP contribution is -2.32. The van der Waals surface area contributed by atoms with E-state index in [1.165, 1.54) is 0 Å². The SMILES string of the molecule is CCCNCCNC(=O)CCC(=O)c1cc(C)sc1C. The van der Waals surface area contributed by atoms with Crippen molar-refractivity contribution in [1.82, 2.24) is 10.6 Å². The second-order valence-corrected chi connectivity index (χ2v) is 6.31. The molecule has 0 radical (unpaired) electrons. The van der Waals surface area contributed by atoms with Gasteiger partial charge in [0, 0.05) is 41.2 Å². The fourth-order valence-electron chi connectivity index (χ4n) is 1.95. The Bertz CT molecular complexity index is 455. The van der Waals surface area contributed by atoms with Gasteiger partial charge in [-0.15, -0.1) is 11.3 Å². The molecule has 0 fully saturated rings. The van der Waals surface area contributed by atoms with Crippen LogP contribution in [0.15, 0.2) is 6.07 Å². The summed E-state index contributed by atoms with van der Waals surface area (Å²) in [6.45, 7) is 8.39.